The molecule has 1 aliphatic rings. The van der Waals surface area contributed by atoms with E-state index in [1.54, 1.807) is 13.1 Å². The van der Waals surface area contributed by atoms with Crippen LogP contribution in [0.4, 0.5) is 4.39 Å². The van der Waals surface area contributed by atoms with Gasteiger partial charge in [0.1, 0.15) is 0 Å². The van der Waals surface area contributed by atoms with Crippen molar-refractivity contribution in [2.24, 2.45) is 0 Å². The molecule has 0 saturated carbocycles. The van der Waals surface area contributed by atoms with Crippen LogP contribution in [0.2, 0.25) is 0 Å². The van der Waals surface area contributed by atoms with Gasteiger partial charge < -0.3 is 0 Å². The Morgan fingerprint density at radius 2 is 2.40 bits per heavy atom. The molecule has 1 aromatic heterocycles. The normalized spacial score (nSPS) is 22.2. The van der Waals surface area contributed by atoms with Gasteiger partial charge in [-0.2, -0.15) is 4.39 Å². The van der Waals surface area contributed by atoms with Crippen molar-refractivity contribution in [3.05, 3.63) is 29.3 Å². The third-order valence-corrected chi connectivity index (χ3v) is 3.01. The Balaban J connectivity index is 2.13. The van der Waals surface area contributed by atoms with E-state index < -0.39 is 0 Å². The molecule has 3 nitrogen and oxygen atoms in total. The molecule has 0 radical (unpaired) electrons. The summed E-state index contributed by atoms with van der Waals surface area (Å²) < 4.78 is 13.0. The summed E-state index contributed by atoms with van der Waals surface area (Å²) in [5.41, 5.74) is 4.91. The minimum atomic E-state index is -0.359. The van der Waals surface area contributed by atoms with Gasteiger partial charge in [0.25, 0.3) is 0 Å². The van der Waals surface area contributed by atoms with E-state index in [2.05, 4.69) is 15.4 Å². The summed E-state index contributed by atoms with van der Waals surface area (Å²) in [5.74, 6) is 0.117. The quantitative estimate of drug-likeness (QED) is 0.747. The highest BCUT2D eigenvalue weighted by atomic mass is 19.1. The Kier molecular flexibility index (Phi) is 2.98. The third-order valence-electron chi connectivity index (χ3n) is 3.01. The van der Waals surface area contributed by atoms with E-state index >= 15 is 0 Å². The first kappa shape index (κ1) is 10.5. The Morgan fingerprint density at radius 1 is 1.60 bits per heavy atom. The summed E-state index contributed by atoms with van der Waals surface area (Å²) in [6.45, 7) is 3.78. The van der Waals surface area contributed by atoms with Crippen molar-refractivity contribution in [1.82, 2.24) is 15.4 Å². The maximum Gasteiger partial charge on any atom is 0.215 e. The number of rotatable bonds is 2. The lowest BCUT2D eigenvalue weighted by atomic mass is 9.99. The average molecular weight is 209 g/mol. The third kappa shape index (κ3) is 2.16. The molecule has 1 saturated heterocycles. The van der Waals surface area contributed by atoms with Crippen LogP contribution in [0, 0.1) is 12.9 Å². The number of hydrazine groups is 1. The standard InChI is InChI=1S/C11H16FN3/c1-8-5-10(6-14-11(8)12)9-3-4-15(7-9)13-2/h5-6,9,13H,3-4,7H2,1-2H3/t9-/m0/s1. The molecule has 1 N–H and O–H groups in total. The first-order chi connectivity index (χ1) is 7.20. The largest absolute Gasteiger partial charge is 0.258 e. The summed E-state index contributed by atoms with van der Waals surface area (Å²) >= 11 is 0. The highest BCUT2D eigenvalue weighted by Crippen LogP contribution is 2.26. The minimum Gasteiger partial charge on any atom is -0.258 e. The zero-order valence-corrected chi connectivity index (χ0v) is 9.13. The van der Waals surface area contributed by atoms with Crippen molar-refractivity contribution in [2.45, 2.75) is 19.3 Å². The maximum absolute atomic E-state index is 13.0. The van der Waals surface area contributed by atoms with Crippen LogP contribution in [0.5, 0.6) is 0 Å². The van der Waals surface area contributed by atoms with Gasteiger partial charge in [-0.1, -0.05) is 0 Å². The van der Waals surface area contributed by atoms with Gasteiger partial charge in [0.2, 0.25) is 5.95 Å². The lowest BCUT2D eigenvalue weighted by molar-refractivity contribution is 0.258. The molecular weight excluding hydrogens is 193 g/mol. The zero-order valence-electron chi connectivity index (χ0n) is 9.13. The maximum atomic E-state index is 13.0. The molecule has 0 aromatic carbocycles. The minimum absolute atomic E-state index is 0.359. The van der Waals surface area contributed by atoms with Crippen molar-refractivity contribution >= 4 is 0 Å². The van der Waals surface area contributed by atoms with Gasteiger partial charge in [0.15, 0.2) is 0 Å². The van der Waals surface area contributed by atoms with Gasteiger partial charge in [0.05, 0.1) is 0 Å². The molecule has 0 amide bonds. The van der Waals surface area contributed by atoms with Crippen molar-refractivity contribution < 1.29 is 4.39 Å². The molecule has 0 aliphatic carbocycles. The molecule has 2 heterocycles. The van der Waals surface area contributed by atoms with Crippen LogP contribution in [-0.2, 0) is 0 Å². The fourth-order valence-corrected chi connectivity index (χ4v) is 2.04. The van der Waals surface area contributed by atoms with Crippen molar-refractivity contribution in [3.8, 4) is 0 Å². The number of pyridine rings is 1. The second-order valence-electron chi connectivity index (χ2n) is 4.03. The lowest BCUT2D eigenvalue weighted by Crippen LogP contribution is -2.32. The summed E-state index contributed by atoms with van der Waals surface area (Å²) in [5, 5.41) is 2.17. The van der Waals surface area contributed by atoms with Crippen LogP contribution in [0.3, 0.4) is 0 Å². The molecule has 4 heteroatoms. The molecule has 82 valence electrons. The Labute approximate surface area is 89.3 Å². The smallest absolute Gasteiger partial charge is 0.215 e. The zero-order chi connectivity index (χ0) is 10.8. The molecule has 2 rings (SSSR count). The molecule has 1 fully saturated rings. The van der Waals surface area contributed by atoms with Gasteiger partial charge in [-0.3, -0.25) is 5.43 Å². The average Bonchev–Trinajstić information content (AvgIpc) is 2.70. The van der Waals surface area contributed by atoms with Gasteiger partial charge in [-0.15, -0.1) is 0 Å². The van der Waals surface area contributed by atoms with E-state index in [1.807, 2.05) is 13.1 Å². The van der Waals surface area contributed by atoms with E-state index in [4.69, 9.17) is 0 Å². The molecule has 1 aliphatic heterocycles. The van der Waals surface area contributed by atoms with Crippen LogP contribution in [0.25, 0.3) is 0 Å². The Hall–Kier alpha value is -1.00. The Bertz CT molecular complexity index is 354. The Morgan fingerprint density at radius 3 is 3.00 bits per heavy atom. The first-order valence-corrected chi connectivity index (χ1v) is 5.25. The molecule has 0 unspecified atom stereocenters. The second kappa shape index (κ2) is 4.24. The van der Waals surface area contributed by atoms with E-state index in [-0.39, 0.29) is 5.95 Å². The number of halogens is 1. The van der Waals surface area contributed by atoms with E-state index in [9.17, 15) is 4.39 Å². The van der Waals surface area contributed by atoms with E-state index in [0.717, 1.165) is 25.1 Å². The van der Waals surface area contributed by atoms with Crippen molar-refractivity contribution in [2.75, 3.05) is 20.1 Å². The fraction of sp³-hybridized carbons (Fsp3) is 0.545. The van der Waals surface area contributed by atoms with E-state index in [1.165, 1.54) is 0 Å². The monoisotopic (exact) mass is 209 g/mol. The van der Waals surface area contributed by atoms with Gasteiger partial charge in [-0.05, 0) is 32.0 Å². The van der Waals surface area contributed by atoms with E-state index in [0.29, 0.717) is 11.5 Å². The predicted octanol–water partition coefficient (Wildman–Crippen LogP) is 1.45. The van der Waals surface area contributed by atoms with Crippen LogP contribution in [0.1, 0.15) is 23.5 Å². The number of nitrogens with zero attached hydrogens (tertiary/aromatic N) is 2. The SMILES string of the molecule is CNN1CC[C@H](c2cnc(F)c(C)c2)C1. The second-order valence-corrected chi connectivity index (χ2v) is 4.03. The number of nitrogens with one attached hydrogen (secondary N) is 1. The predicted molar refractivity (Wildman–Crippen MR) is 56.9 cm³/mol. The van der Waals surface area contributed by atoms with Crippen molar-refractivity contribution in [1.29, 1.82) is 0 Å². The van der Waals surface area contributed by atoms with Crippen LogP contribution >= 0.6 is 0 Å². The highest BCUT2D eigenvalue weighted by Gasteiger charge is 2.23. The van der Waals surface area contributed by atoms with Gasteiger partial charge in [-0.25, -0.2) is 9.99 Å². The number of hydrogen-bond acceptors (Lipinski definition) is 3. The molecule has 0 spiro atoms. The summed E-state index contributed by atoms with van der Waals surface area (Å²) in [6, 6.07) is 1.91. The van der Waals surface area contributed by atoms with Crippen LogP contribution in [0.15, 0.2) is 12.3 Å². The molecule has 1 atom stereocenters. The molecule has 15 heavy (non-hydrogen) atoms. The van der Waals surface area contributed by atoms with Gasteiger partial charge >= 0.3 is 0 Å². The number of hydrogen-bond donors (Lipinski definition) is 1. The molecule has 1 aromatic rings. The lowest BCUT2D eigenvalue weighted by Gasteiger charge is -2.14. The number of aryl methyl sites for hydroxylation is 1. The topological polar surface area (TPSA) is 28.2 Å². The van der Waals surface area contributed by atoms with Crippen LogP contribution in [-0.4, -0.2) is 30.1 Å². The molecule has 0 bridgehead atoms. The fourth-order valence-electron chi connectivity index (χ4n) is 2.04. The van der Waals surface area contributed by atoms with Gasteiger partial charge in [0, 0.05) is 30.8 Å². The van der Waals surface area contributed by atoms with Crippen LogP contribution < -0.4 is 5.43 Å². The first-order valence-electron chi connectivity index (χ1n) is 5.25. The number of aromatic nitrogens is 1. The van der Waals surface area contributed by atoms with Crippen molar-refractivity contribution in [3.63, 3.8) is 0 Å². The highest BCUT2D eigenvalue weighted by molar-refractivity contribution is 5.22. The summed E-state index contributed by atoms with van der Waals surface area (Å²) in [7, 11) is 1.93. The summed E-state index contributed by atoms with van der Waals surface area (Å²) in [4.78, 5) is 3.77. The molecular formula is C11H16FN3. The summed E-state index contributed by atoms with van der Waals surface area (Å²) in [6.07, 6.45) is 2.76.